The minimum atomic E-state index is -4.64. The maximum absolute atomic E-state index is 13.6. The number of aryl methyl sites for hydroxylation is 1. The summed E-state index contributed by atoms with van der Waals surface area (Å²) in [6.07, 6.45) is -5.43. The topological polar surface area (TPSA) is 71.2 Å². The van der Waals surface area contributed by atoms with Crippen molar-refractivity contribution >= 4 is 11.0 Å². The quantitative estimate of drug-likeness (QED) is 0.567. The second-order valence-corrected chi connectivity index (χ2v) is 8.00. The summed E-state index contributed by atoms with van der Waals surface area (Å²) in [6, 6.07) is 2.52. The summed E-state index contributed by atoms with van der Waals surface area (Å²) in [6.45, 7) is 3.02. The molecule has 1 fully saturated rings. The Morgan fingerprint density at radius 3 is 2.37 bits per heavy atom. The molecule has 0 amide bonds. The van der Waals surface area contributed by atoms with Crippen LogP contribution in [-0.4, -0.2) is 30.6 Å². The van der Waals surface area contributed by atoms with Gasteiger partial charge in [-0.1, -0.05) is 0 Å². The predicted octanol–water partition coefficient (Wildman–Crippen LogP) is 5.15. The first-order chi connectivity index (χ1) is 13.9. The summed E-state index contributed by atoms with van der Waals surface area (Å²) in [7, 11) is 0. The number of hydrogen-bond acceptors (Lipinski definition) is 4. The number of rotatable bonds is 3. The highest BCUT2D eigenvalue weighted by molar-refractivity contribution is 5.85. The molecule has 1 saturated carbocycles. The Bertz CT molecular complexity index is 1110. The van der Waals surface area contributed by atoms with Crippen LogP contribution >= 0.6 is 0 Å². The maximum atomic E-state index is 13.6. The van der Waals surface area contributed by atoms with E-state index >= 15 is 0 Å². The number of phenols is 1. The van der Waals surface area contributed by atoms with Gasteiger partial charge in [0.15, 0.2) is 5.65 Å². The van der Waals surface area contributed by atoms with E-state index in [1.807, 2.05) is 0 Å². The Morgan fingerprint density at radius 2 is 1.83 bits per heavy atom. The average Bonchev–Trinajstić information content (AvgIpc) is 2.97. The molecule has 2 aromatic heterocycles. The molecule has 0 saturated heterocycles. The van der Waals surface area contributed by atoms with Gasteiger partial charge in [0.05, 0.1) is 16.9 Å². The molecule has 0 aliphatic heterocycles. The highest BCUT2D eigenvalue weighted by Gasteiger charge is 2.40. The van der Waals surface area contributed by atoms with E-state index in [9.17, 15) is 32.2 Å². The molecule has 160 valence electrons. The summed E-state index contributed by atoms with van der Waals surface area (Å²) in [5.74, 6) is -0.663. The minimum Gasteiger partial charge on any atom is -0.507 e. The van der Waals surface area contributed by atoms with Crippen LogP contribution in [0.5, 0.6) is 5.75 Å². The van der Waals surface area contributed by atoms with Crippen molar-refractivity contribution in [2.75, 3.05) is 0 Å². The highest BCUT2D eigenvalue weighted by Crippen LogP contribution is 2.44. The van der Waals surface area contributed by atoms with Crippen molar-refractivity contribution in [1.29, 1.82) is 0 Å². The second kappa shape index (κ2) is 6.63. The lowest BCUT2D eigenvalue weighted by Crippen LogP contribution is -2.41. The van der Waals surface area contributed by atoms with Crippen molar-refractivity contribution in [2.45, 2.75) is 50.9 Å². The third-order valence-electron chi connectivity index (χ3n) is 5.49. The summed E-state index contributed by atoms with van der Waals surface area (Å²) in [5, 5.41) is 28.3. The van der Waals surface area contributed by atoms with Crippen LogP contribution in [0.1, 0.15) is 48.9 Å². The number of nitrogens with zero attached hydrogens (tertiary/aromatic N) is 3. The number of halogens is 5. The van der Waals surface area contributed by atoms with Gasteiger partial charge in [-0.3, -0.25) is 0 Å². The molecule has 0 radical (unpaired) electrons. The molecule has 0 spiro atoms. The Kier molecular flexibility index (Phi) is 4.53. The van der Waals surface area contributed by atoms with Gasteiger partial charge >= 0.3 is 6.18 Å². The van der Waals surface area contributed by atoms with Gasteiger partial charge in [-0.15, -0.1) is 10.2 Å². The van der Waals surface area contributed by atoms with Crippen LogP contribution in [0.4, 0.5) is 22.0 Å². The zero-order valence-corrected chi connectivity index (χ0v) is 16.0. The predicted molar refractivity (Wildman–Crippen MR) is 98.2 cm³/mol. The van der Waals surface area contributed by atoms with Crippen LogP contribution < -0.4 is 0 Å². The van der Waals surface area contributed by atoms with Gasteiger partial charge in [-0.05, 0) is 50.5 Å². The summed E-state index contributed by atoms with van der Waals surface area (Å²) < 4.78 is 67.7. The molecule has 30 heavy (non-hydrogen) atoms. The zero-order valence-electron chi connectivity index (χ0n) is 16.0. The van der Waals surface area contributed by atoms with Gasteiger partial charge in [-0.2, -0.15) is 13.2 Å². The lowest BCUT2D eigenvalue weighted by Gasteiger charge is -2.41. The fourth-order valence-electron chi connectivity index (χ4n) is 4.06. The lowest BCUT2D eigenvalue weighted by molar-refractivity contribution is -0.137. The average molecular weight is 427 g/mol. The monoisotopic (exact) mass is 427 g/mol. The second-order valence-electron chi connectivity index (χ2n) is 8.00. The van der Waals surface area contributed by atoms with Crippen LogP contribution in [0.3, 0.4) is 0 Å². The third kappa shape index (κ3) is 3.38. The Balaban J connectivity index is 1.84. The molecule has 0 atom stereocenters. The van der Waals surface area contributed by atoms with E-state index in [0.717, 1.165) is 6.07 Å². The first kappa shape index (κ1) is 20.5. The van der Waals surface area contributed by atoms with Crippen molar-refractivity contribution in [2.24, 2.45) is 0 Å². The standard InChI is InChI=1S/C20H18F5N3O2/c1-9-3-10(20(23,24)25)4-15(29)16(9)14-5-12-13(17(21)22)8-28(18(12)27-26-14)11-6-19(2,30)7-11/h3-5,8,11,17,29-30H,6-7H2,1-2H3. The molecule has 1 aromatic carbocycles. The van der Waals surface area contributed by atoms with Crippen LogP contribution in [0.25, 0.3) is 22.3 Å². The Labute approximate surface area is 167 Å². The summed E-state index contributed by atoms with van der Waals surface area (Å²) >= 11 is 0. The van der Waals surface area contributed by atoms with E-state index < -0.39 is 29.5 Å². The normalized spacial score (nSPS) is 22.0. The fraction of sp³-hybridized carbons (Fsp3) is 0.400. The molecule has 1 aliphatic carbocycles. The largest absolute Gasteiger partial charge is 0.507 e. The molecule has 5 nitrogen and oxygen atoms in total. The summed E-state index contributed by atoms with van der Waals surface area (Å²) in [4.78, 5) is 0. The van der Waals surface area contributed by atoms with Crippen LogP contribution in [0, 0.1) is 6.92 Å². The number of alkyl halides is 5. The SMILES string of the molecule is Cc1cc(C(F)(F)F)cc(O)c1-c1cc2c(C(F)F)cn(C3CC(C)(O)C3)c2nn1. The van der Waals surface area contributed by atoms with E-state index in [1.54, 1.807) is 11.5 Å². The highest BCUT2D eigenvalue weighted by atomic mass is 19.4. The molecular weight excluding hydrogens is 409 g/mol. The van der Waals surface area contributed by atoms with Crippen LogP contribution in [0.15, 0.2) is 24.4 Å². The molecule has 0 unspecified atom stereocenters. The van der Waals surface area contributed by atoms with Gasteiger partial charge in [0.1, 0.15) is 5.75 Å². The smallest absolute Gasteiger partial charge is 0.416 e. The van der Waals surface area contributed by atoms with E-state index in [1.165, 1.54) is 19.2 Å². The Morgan fingerprint density at radius 1 is 1.17 bits per heavy atom. The number of fused-ring (bicyclic) bond motifs is 1. The molecule has 0 bridgehead atoms. The first-order valence-corrected chi connectivity index (χ1v) is 9.17. The molecule has 3 aromatic rings. The van der Waals surface area contributed by atoms with Crippen molar-refractivity contribution in [3.8, 4) is 17.0 Å². The van der Waals surface area contributed by atoms with Crippen LogP contribution in [0.2, 0.25) is 0 Å². The van der Waals surface area contributed by atoms with Gasteiger partial charge in [0.25, 0.3) is 6.43 Å². The molecule has 1 aliphatic rings. The van der Waals surface area contributed by atoms with Crippen molar-refractivity contribution in [3.63, 3.8) is 0 Å². The fourth-order valence-corrected chi connectivity index (χ4v) is 4.06. The number of benzene rings is 1. The van der Waals surface area contributed by atoms with E-state index in [0.29, 0.717) is 18.9 Å². The summed E-state index contributed by atoms with van der Waals surface area (Å²) in [5.41, 5.74) is -1.92. The number of phenolic OH excluding ortho intramolecular Hbond substituents is 1. The van der Waals surface area contributed by atoms with Crippen molar-refractivity contribution in [1.82, 2.24) is 14.8 Å². The van der Waals surface area contributed by atoms with Gasteiger partial charge in [-0.25, -0.2) is 8.78 Å². The minimum absolute atomic E-state index is 0.00283. The molecular formula is C20H18F5N3O2. The van der Waals surface area contributed by atoms with Crippen molar-refractivity contribution < 1.29 is 32.2 Å². The van der Waals surface area contributed by atoms with Gasteiger partial charge in [0, 0.05) is 28.8 Å². The Hall–Kier alpha value is -2.75. The zero-order chi connectivity index (χ0) is 22.0. The van der Waals surface area contributed by atoms with Crippen molar-refractivity contribution in [3.05, 3.63) is 41.1 Å². The lowest BCUT2D eigenvalue weighted by atomic mass is 9.77. The third-order valence-corrected chi connectivity index (χ3v) is 5.49. The number of hydrogen-bond donors (Lipinski definition) is 2. The molecule has 2 heterocycles. The molecule has 4 rings (SSSR count). The van der Waals surface area contributed by atoms with E-state index in [-0.39, 0.29) is 39.5 Å². The number of aliphatic hydroxyl groups is 1. The van der Waals surface area contributed by atoms with Gasteiger partial charge < -0.3 is 14.8 Å². The molecule has 2 N–H and O–H groups in total. The number of aromatic nitrogens is 3. The van der Waals surface area contributed by atoms with E-state index in [2.05, 4.69) is 10.2 Å². The maximum Gasteiger partial charge on any atom is 0.416 e. The van der Waals surface area contributed by atoms with Gasteiger partial charge in [0.2, 0.25) is 0 Å². The molecule has 10 heteroatoms. The van der Waals surface area contributed by atoms with Crippen LogP contribution in [-0.2, 0) is 6.18 Å². The van der Waals surface area contributed by atoms with E-state index in [4.69, 9.17) is 0 Å². The first-order valence-electron chi connectivity index (χ1n) is 9.17. The number of aromatic hydroxyl groups is 1.